The van der Waals surface area contributed by atoms with Crippen molar-refractivity contribution in [1.29, 1.82) is 0 Å². The SMILES string of the molecule is O=C(Nc1ccc(Oc2ccnc(C(=O)O)c2)cc1)C(=O)c1ccc(Cl)c(C(F)(F)F)c1. The van der Waals surface area contributed by atoms with Gasteiger partial charge in [-0.25, -0.2) is 9.78 Å². The number of halogens is 4. The number of carboxylic acid groups (broad SMARTS) is 1. The number of carboxylic acids is 1. The molecular formula is C21H12ClF3N2O5. The number of carbonyl (C=O) groups is 3. The third-order valence-corrected chi connectivity index (χ3v) is 4.37. The molecule has 7 nitrogen and oxygen atoms in total. The maximum absolute atomic E-state index is 13.0. The Morgan fingerprint density at radius 3 is 2.28 bits per heavy atom. The first-order valence-corrected chi connectivity index (χ1v) is 9.12. The number of aromatic nitrogens is 1. The molecule has 1 heterocycles. The van der Waals surface area contributed by atoms with Crippen LogP contribution in [0, 0.1) is 0 Å². The summed E-state index contributed by atoms with van der Waals surface area (Å²) in [6, 6.07) is 10.8. The number of nitrogens with zero attached hydrogens (tertiary/aromatic N) is 1. The lowest BCUT2D eigenvalue weighted by Gasteiger charge is -2.11. The fraction of sp³-hybridized carbons (Fsp3) is 0.0476. The van der Waals surface area contributed by atoms with Crippen LogP contribution in [0.5, 0.6) is 11.5 Å². The number of hydrogen-bond acceptors (Lipinski definition) is 5. The lowest BCUT2D eigenvalue weighted by molar-refractivity contribution is -0.137. The summed E-state index contributed by atoms with van der Waals surface area (Å²) in [5.41, 5.74) is -1.71. The third-order valence-electron chi connectivity index (χ3n) is 4.04. The van der Waals surface area contributed by atoms with Crippen LogP contribution in [0.2, 0.25) is 5.02 Å². The number of carbonyl (C=O) groups excluding carboxylic acids is 2. The van der Waals surface area contributed by atoms with Gasteiger partial charge < -0.3 is 15.2 Å². The van der Waals surface area contributed by atoms with Crippen LogP contribution in [0.1, 0.15) is 26.4 Å². The van der Waals surface area contributed by atoms with E-state index in [1.54, 1.807) is 0 Å². The molecule has 0 saturated heterocycles. The maximum Gasteiger partial charge on any atom is 0.417 e. The van der Waals surface area contributed by atoms with E-state index in [-0.39, 0.29) is 17.1 Å². The Morgan fingerprint density at radius 1 is 0.969 bits per heavy atom. The van der Waals surface area contributed by atoms with Gasteiger partial charge in [-0.05, 0) is 48.5 Å². The number of hydrogen-bond donors (Lipinski definition) is 2. The summed E-state index contributed by atoms with van der Waals surface area (Å²) in [6.07, 6.45) is -3.51. The van der Waals surface area contributed by atoms with Crippen LogP contribution in [0.15, 0.2) is 60.8 Å². The highest BCUT2D eigenvalue weighted by Crippen LogP contribution is 2.35. The van der Waals surface area contributed by atoms with Crippen LogP contribution >= 0.6 is 11.6 Å². The molecular weight excluding hydrogens is 453 g/mol. The van der Waals surface area contributed by atoms with Gasteiger partial charge in [-0.2, -0.15) is 13.2 Å². The summed E-state index contributed by atoms with van der Waals surface area (Å²) >= 11 is 5.52. The second kappa shape index (κ2) is 9.06. The first-order chi connectivity index (χ1) is 15.0. The Bertz CT molecular complexity index is 1200. The van der Waals surface area contributed by atoms with E-state index >= 15 is 0 Å². The first kappa shape index (κ1) is 22.8. The molecule has 2 N–H and O–H groups in total. The second-order valence-electron chi connectivity index (χ2n) is 6.28. The van der Waals surface area contributed by atoms with Gasteiger partial charge in [0.2, 0.25) is 0 Å². The number of aromatic carboxylic acids is 1. The average molecular weight is 465 g/mol. The molecule has 0 aliphatic rings. The van der Waals surface area contributed by atoms with Crippen molar-refractivity contribution in [2.24, 2.45) is 0 Å². The van der Waals surface area contributed by atoms with Crippen LogP contribution in [-0.2, 0) is 11.0 Å². The molecule has 0 aliphatic carbocycles. The number of alkyl halides is 3. The molecule has 164 valence electrons. The van der Waals surface area contributed by atoms with Gasteiger partial charge in [0.15, 0.2) is 5.69 Å². The Kier molecular flexibility index (Phi) is 6.45. The van der Waals surface area contributed by atoms with E-state index in [0.717, 1.165) is 12.1 Å². The van der Waals surface area contributed by atoms with Crippen molar-refractivity contribution in [1.82, 2.24) is 4.98 Å². The van der Waals surface area contributed by atoms with Crippen molar-refractivity contribution in [3.05, 3.63) is 82.6 Å². The van der Waals surface area contributed by atoms with Gasteiger partial charge in [0.1, 0.15) is 11.5 Å². The largest absolute Gasteiger partial charge is 0.477 e. The van der Waals surface area contributed by atoms with Crippen LogP contribution in [0.4, 0.5) is 18.9 Å². The molecule has 0 spiro atoms. The second-order valence-corrected chi connectivity index (χ2v) is 6.69. The molecule has 1 aromatic heterocycles. The van der Waals surface area contributed by atoms with Gasteiger partial charge in [-0.15, -0.1) is 0 Å². The van der Waals surface area contributed by atoms with E-state index in [1.165, 1.54) is 42.6 Å². The Morgan fingerprint density at radius 2 is 1.66 bits per heavy atom. The molecule has 0 radical (unpaired) electrons. The Labute approximate surface area is 183 Å². The molecule has 11 heteroatoms. The molecule has 0 bridgehead atoms. The van der Waals surface area contributed by atoms with Crippen LogP contribution in [-0.4, -0.2) is 27.8 Å². The molecule has 1 amide bonds. The van der Waals surface area contributed by atoms with E-state index in [2.05, 4.69) is 10.3 Å². The summed E-state index contributed by atoms with van der Waals surface area (Å²) in [6.45, 7) is 0. The molecule has 0 unspecified atom stereocenters. The number of ether oxygens (including phenoxy) is 1. The smallest absolute Gasteiger partial charge is 0.417 e. The zero-order chi connectivity index (χ0) is 23.5. The maximum atomic E-state index is 13.0. The topological polar surface area (TPSA) is 106 Å². The first-order valence-electron chi connectivity index (χ1n) is 8.74. The van der Waals surface area contributed by atoms with E-state index in [9.17, 15) is 27.6 Å². The van der Waals surface area contributed by atoms with Gasteiger partial charge >= 0.3 is 12.1 Å². The summed E-state index contributed by atoms with van der Waals surface area (Å²) in [7, 11) is 0. The van der Waals surface area contributed by atoms with Gasteiger partial charge in [-0.3, -0.25) is 9.59 Å². The standard InChI is InChI=1S/C21H12ClF3N2O5/c22-16-6-1-11(9-15(16)21(23,24)25)18(28)19(29)27-12-2-4-13(5-3-12)32-14-7-8-26-17(10-14)20(30)31/h1-10H,(H,27,29)(H,30,31). The monoisotopic (exact) mass is 464 g/mol. The average Bonchev–Trinajstić information content (AvgIpc) is 2.74. The molecule has 0 aliphatic heterocycles. The Hall–Kier alpha value is -3.92. The van der Waals surface area contributed by atoms with Gasteiger partial charge in [-0.1, -0.05) is 11.6 Å². The number of nitrogens with one attached hydrogen (secondary N) is 1. The predicted octanol–water partition coefficient (Wildman–Crippen LogP) is 5.07. The highest BCUT2D eigenvalue weighted by atomic mass is 35.5. The van der Waals surface area contributed by atoms with Crippen molar-refractivity contribution >= 4 is 34.9 Å². The molecule has 3 aromatic rings. The van der Waals surface area contributed by atoms with Gasteiger partial charge in [0.25, 0.3) is 11.7 Å². The number of amides is 1. The summed E-state index contributed by atoms with van der Waals surface area (Å²) < 4.78 is 44.4. The van der Waals surface area contributed by atoms with Crippen LogP contribution in [0.3, 0.4) is 0 Å². The van der Waals surface area contributed by atoms with E-state index in [0.29, 0.717) is 11.8 Å². The number of pyridine rings is 1. The number of benzene rings is 2. The fourth-order valence-corrected chi connectivity index (χ4v) is 2.76. The lowest BCUT2D eigenvalue weighted by atomic mass is 10.1. The molecule has 2 aromatic carbocycles. The minimum atomic E-state index is -4.78. The summed E-state index contributed by atoms with van der Waals surface area (Å²) in [5.74, 6) is -3.03. The molecule has 32 heavy (non-hydrogen) atoms. The van der Waals surface area contributed by atoms with Crippen LogP contribution in [0.25, 0.3) is 0 Å². The normalized spacial score (nSPS) is 11.0. The van der Waals surface area contributed by atoms with Gasteiger partial charge in [0.05, 0.1) is 10.6 Å². The zero-order valence-corrected chi connectivity index (χ0v) is 16.6. The number of ketones is 1. The van der Waals surface area contributed by atoms with Crippen molar-refractivity contribution in [3.63, 3.8) is 0 Å². The number of Topliss-reactive ketones (excluding diaryl/α,β-unsaturated/α-hetero) is 1. The zero-order valence-electron chi connectivity index (χ0n) is 15.8. The predicted molar refractivity (Wildman–Crippen MR) is 107 cm³/mol. The minimum Gasteiger partial charge on any atom is -0.477 e. The molecule has 0 fully saturated rings. The summed E-state index contributed by atoms with van der Waals surface area (Å²) in [5, 5.41) is 10.6. The quantitative estimate of drug-likeness (QED) is 0.390. The summed E-state index contributed by atoms with van der Waals surface area (Å²) in [4.78, 5) is 39.0. The molecule has 3 rings (SSSR count). The molecule has 0 atom stereocenters. The minimum absolute atomic E-state index is 0.182. The molecule has 0 saturated carbocycles. The highest BCUT2D eigenvalue weighted by Gasteiger charge is 2.34. The number of rotatable bonds is 6. The van der Waals surface area contributed by atoms with Crippen molar-refractivity contribution < 1.29 is 37.4 Å². The van der Waals surface area contributed by atoms with E-state index in [4.69, 9.17) is 21.4 Å². The Balaban J connectivity index is 1.69. The third kappa shape index (κ3) is 5.41. The van der Waals surface area contributed by atoms with Crippen LogP contribution < -0.4 is 10.1 Å². The number of anilines is 1. The van der Waals surface area contributed by atoms with Crippen molar-refractivity contribution in [2.75, 3.05) is 5.32 Å². The van der Waals surface area contributed by atoms with Crippen molar-refractivity contribution in [3.8, 4) is 11.5 Å². The highest BCUT2D eigenvalue weighted by molar-refractivity contribution is 6.46. The van der Waals surface area contributed by atoms with Crippen molar-refractivity contribution in [2.45, 2.75) is 6.18 Å². The fourth-order valence-electron chi connectivity index (χ4n) is 2.54. The van der Waals surface area contributed by atoms with E-state index < -0.39 is 40.0 Å². The van der Waals surface area contributed by atoms with E-state index in [1.807, 2.05) is 0 Å². The van der Waals surface area contributed by atoms with Gasteiger partial charge in [0, 0.05) is 23.5 Å². The lowest BCUT2D eigenvalue weighted by Crippen LogP contribution is -2.23.